The number of carboxylic acids is 1. The van der Waals surface area contributed by atoms with Crippen LogP contribution in [0.4, 0.5) is 5.69 Å². The molecule has 2 heterocycles. The van der Waals surface area contributed by atoms with Crippen molar-refractivity contribution >= 4 is 46.9 Å². The number of rotatable bonds is 9. The molecule has 9 nitrogen and oxygen atoms in total. The number of para-hydroxylation sites is 1. The summed E-state index contributed by atoms with van der Waals surface area (Å²) in [6, 6.07) is 22.6. The van der Waals surface area contributed by atoms with Gasteiger partial charge in [-0.2, -0.15) is 0 Å². The second kappa shape index (κ2) is 12.4. The number of imide groups is 2. The molecular weight excluding hydrogens is 632 g/mol. The fourth-order valence-corrected chi connectivity index (χ4v) is 9.01. The van der Waals surface area contributed by atoms with Gasteiger partial charge in [-0.15, -0.1) is 0 Å². The van der Waals surface area contributed by atoms with Gasteiger partial charge in [0.25, 0.3) is 0 Å². The number of anilines is 1. The van der Waals surface area contributed by atoms with E-state index >= 15 is 4.79 Å². The van der Waals surface area contributed by atoms with Crippen LogP contribution in [0.15, 0.2) is 90.5 Å². The predicted octanol–water partition coefficient (Wildman–Crippen LogP) is 5.85. The molecule has 0 unspecified atom stereocenters. The SMILES string of the molecule is O=C(O)CCCCCN1C(=O)[C@H]2[C@H](CC=C3[C@H]2C[C@H]2C(=O)N(c4cccc(Cl)c4)C(=O)[C@@]2(c2ccccc2)[C@H]3c2ccccc2O)C1=O. The molecule has 0 bridgehead atoms. The molecule has 2 N–H and O–H groups in total. The minimum Gasteiger partial charge on any atom is -0.508 e. The molecule has 4 amide bonds. The number of phenols is 1. The van der Waals surface area contributed by atoms with Crippen molar-refractivity contribution in [2.24, 2.45) is 23.7 Å². The molecule has 2 saturated heterocycles. The lowest BCUT2D eigenvalue weighted by molar-refractivity contribution is -0.141. The Bertz CT molecular complexity index is 1860. The van der Waals surface area contributed by atoms with Gasteiger partial charge in [-0.3, -0.25) is 28.9 Å². The molecule has 0 radical (unpaired) electrons. The molecule has 1 saturated carbocycles. The van der Waals surface area contributed by atoms with E-state index in [0.29, 0.717) is 41.1 Å². The van der Waals surface area contributed by atoms with E-state index in [1.807, 2.05) is 36.4 Å². The highest BCUT2D eigenvalue weighted by molar-refractivity contribution is 6.32. The Morgan fingerprint density at radius 1 is 0.854 bits per heavy atom. The number of nitrogens with zero attached hydrogens (tertiary/aromatic N) is 2. The summed E-state index contributed by atoms with van der Waals surface area (Å²) in [4.78, 5) is 71.2. The van der Waals surface area contributed by atoms with Gasteiger partial charge < -0.3 is 10.2 Å². The van der Waals surface area contributed by atoms with Crippen LogP contribution >= 0.6 is 11.6 Å². The largest absolute Gasteiger partial charge is 0.508 e. The first-order valence-corrected chi connectivity index (χ1v) is 16.8. The van der Waals surface area contributed by atoms with Gasteiger partial charge >= 0.3 is 5.97 Å². The normalized spacial score (nSPS) is 27.9. The molecule has 0 spiro atoms. The van der Waals surface area contributed by atoms with Crippen molar-refractivity contribution in [1.29, 1.82) is 0 Å². The quantitative estimate of drug-likeness (QED) is 0.166. The van der Waals surface area contributed by atoms with Crippen molar-refractivity contribution in [2.45, 2.75) is 49.9 Å². The van der Waals surface area contributed by atoms with Crippen LogP contribution < -0.4 is 4.90 Å². The van der Waals surface area contributed by atoms with Gasteiger partial charge in [-0.05, 0) is 61.4 Å². The number of hydrogen-bond acceptors (Lipinski definition) is 6. The smallest absolute Gasteiger partial charge is 0.303 e. The highest BCUT2D eigenvalue weighted by atomic mass is 35.5. The molecule has 3 aromatic carbocycles. The van der Waals surface area contributed by atoms with Crippen molar-refractivity contribution in [3.8, 4) is 5.75 Å². The minimum atomic E-state index is -1.45. The van der Waals surface area contributed by atoms with Gasteiger partial charge in [0.1, 0.15) is 5.75 Å². The number of likely N-dealkylation sites (tertiary alicyclic amines) is 1. The third-order valence-electron chi connectivity index (χ3n) is 10.8. The van der Waals surface area contributed by atoms with E-state index < -0.39 is 52.8 Å². The lowest BCUT2D eigenvalue weighted by atomic mass is 9.49. The Morgan fingerprint density at radius 3 is 2.33 bits per heavy atom. The number of carbonyl (C=O) groups is 5. The van der Waals surface area contributed by atoms with E-state index in [2.05, 4.69) is 0 Å². The van der Waals surface area contributed by atoms with Gasteiger partial charge in [0, 0.05) is 29.5 Å². The topological polar surface area (TPSA) is 132 Å². The maximum atomic E-state index is 15.2. The Balaban J connectivity index is 1.36. The lowest BCUT2D eigenvalue weighted by Crippen LogP contribution is -2.53. The molecule has 48 heavy (non-hydrogen) atoms. The zero-order valence-electron chi connectivity index (χ0n) is 26.1. The Morgan fingerprint density at radius 2 is 1.60 bits per heavy atom. The van der Waals surface area contributed by atoms with Crippen LogP contribution in [0.3, 0.4) is 0 Å². The van der Waals surface area contributed by atoms with E-state index in [4.69, 9.17) is 16.7 Å². The fraction of sp³-hybridized carbons (Fsp3) is 0.342. The van der Waals surface area contributed by atoms with Gasteiger partial charge in [-0.1, -0.05) is 84.3 Å². The number of amides is 4. The third-order valence-corrected chi connectivity index (χ3v) is 11.0. The number of unbranched alkanes of at least 4 members (excludes halogenated alkanes) is 2. The van der Waals surface area contributed by atoms with Crippen molar-refractivity contribution < 1.29 is 34.2 Å². The van der Waals surface area contributed by atoms with Gasteiger partial charge in [-0.25, -0.2) is 4.90 Å². The first kappa shape index (κ1) is 31.8. The number of fused-ring (bicyclic) bond motifs is 4. The van der Waals surface area contributed by atoms with E-state index in [1.54, 1.807) is 48.5 Å². The summed E-state index contributed by atoms with van der Waals surface area (Å²) >= 11 is 6.35. The van der Waals surface area contributed by atoms with Gasteiger partial charge in [0.15, 0.2) is 0 Å². The van der Waals surface area contributed by atoms with Gasteiger partial charge in [0.2, 0.25) is 23.6 Å². The second-order valence-electron chi connectivity index (χ2n) is 13.2. The summed E-state index contributed by atoms with van der Waals surface area (Å²) in [5.41, 5.74) is 0.765. The number of halogens is 1. The van der Waals surface area contributed by atoms with Crippen LogP contribution in [0.2, 0.25) is 5.02 Å². The summed E-state index contributed by atoms with van der Waals surface area (Å²) in [5, 5.41) is 20.7. The van der Waals surface area contributed by atoms with Crippen molar-refractivity contribution in [3.05, 3.63) is 107 Å². The summed E-state index contributed by atoms with van der Waals surface area (Å²) in [6.07, 6.45) is 3.97. The maximum absolute atomic E-state index is 15.2. The van der Waals surface area contributed by atoms with Crippen LogP contribution in [-0.4, -0.2) is 51.3 Å². The highest BCUT2D eigenvalue weighted by Gasteiger charge is 2.70. The minimum absolute atomic E-state index is 0.0275. The highest BCUT2D eigenvalue weighted by Crippen LogP contribution is 2.65. The van der Waals surface area contributed by atoms with E-state index in [1.165, 1.54) is 9.80 Å². The lowest BCUT2D eigenvalue weighted by Gasteiger charge is -2.50. The summed E-state index contributed by atoms with van der Waals surface area (Å²) in [6.45, 7) is 0.201. The Labute approximate surface area is 282 Å². The van der Waals surface area contributed by atoms with Crippen molar-refractivity contribution in [3.63, 3.8) is 0 Å². The molecular formula is C38H35ClN2O7. The number of phenolic OH excluding ortho intramolecular Hbond substituents is 1. The predicted molar refractivity (Wildman–Crippen MR) is 177 cm³/mol. The average molecular weight is 667 g/mol. The standard InChI is InChI=1S/C38H35ClN2O7/c39-23-12-9-13-24(20-23)41-35(46)29-21-28-25(17-18-27-32(28)36(47)40(34(27)45)19-8-2-5-16-31(43)44)33(26-14-6-7-15-30(26)42)38(29,37(41)48)22-10-3-1-4-11-22/h1,3-4,6-7,9-15,17,20,27-29,32-33,42H,2,5,8,16,18-19,21H2,(H,43,44)/t27-,28+,29-,32-,33+,38+/m0/s1. The number of carbonyl (C=O) groups excluding carboxylic acids is 4. The molecule has 0 aromatic heterocycles. The van der Waals surface area contributed by atoms with Crippen molar-refractivity contribution in [2.75, 3.05) is 11.4 Å². The molecule has 2 aliphatic heterocycles. The number of carboxylic acid groups (broad SMARTS) is 1. The van der Waals surface area contributed by atoms with Crippen LogP contribution in [0, 0.1) is 23.7 Å². The first-order chi connectivity index (χ1) is 23.2. The second-order valence-corrected chi connectivity index (χ2v) is 13.6. The molecule has 4 aliphatic rings. The molecule has 2 aliphatic carbocycles. The molecule has 10 heteroatoms. The molecule has 6 atom stereocenters. The summed E-state index contributed by atoms with van der Waals surface area (Å²) < 4.78 is 0. The monoisotopic (exact) mass is 666 g/mol. The number of allylic oxidation sites excluding steroid dienone is 2. The number of benzene rings is 3. The summed E-state index contributed by atoms with van der Waals surface area (Å²) in [7, 11) is 0. The first-order valence-electron chi connectivity index (χ1n) is 16.4. The molecule has 7 rings (SSSR count). The van der Waals surface area contributed by atoms with Crippen LogP contribution in [0.1, 0.15) is 55.6 Å². The van der Waals surface area contributed by atoms with Crippen LogP contribution in [-0.2, 0) is 29.4 Å². The maximum Gasteiger partial charge on any atom is 0.303 e. The van der Waals surface area contributed by atoms with Crippen LogP contribution in [0.25, 0.3) is 0 Å². The summed E-state index contributed by atoms with van der Waals surface area (Å²) in [5.74, 6) is -5.89. The fourth-order valence-electron chi connectivity index (χ4n) is 8.83. The number of aliphatic carboxylic acids is 1. The molecule has 246 valence electrons. The third kappa shape index (κ3) is 4.86. The molecule has 3 aromatic rings. The number of hydrogen-bond donors (Lipinski definition) is 2. The van der Waals surface area contributed by atoms with E-state index in [9.17, 15) is 24.3 Å². The van der Waals surface area contributed by atoms with Gasteiger partial charge in [0.05, 0.1) is 28.9 Å². The Kier molecular flexibility index (Phi) is 8.19. The van der Waals surface area contributed by atoms with E-state index in [-0.39, 0.29) is 43.4 Å². The zero-order valence-corrected chi connectivity index (χ0v) is 26.9. The van der Waals surface area contributed by atoms with E-state index in [0.717, 1.165) is 5.57 Å². The zero-order chi connectivity index (χ0) is 33.7. The Hall–Kier alpha value is -4.76. The van der Waals surface area contributed by atoms with Crippen molar-refractivity contribution in [1.82, 2.24) is 4.90 Å². The van der Waals surface area contributed by atoms with Crippen LogP contribution in [0.5, 0.6) is 5.75 Å². The molecule has 3 fully saturated rings. The number of aromatic hydroxyl groups is 1. The average Bonchev–Trinajstić information content (AvgIpc) is 3.45.